The summed E-state index contributed by atoms with van der Waals surface area (Å²) in [5, 5.41) is 25.8. The highest BCUT2D eigenvalue weighted by Crippen LogP contribution is 2.31. The van der Waals surface area contributed by atoms with Gasteiger partial charge in [0, 0.05) is 10.9 Å². The van der Waals surface area contributed by atoms with Crippen LogP contribution in [0.15, 0.2) is 27.8 Å². The first-order valence-corrected chi connectivity index (χ1v) is 10.0. The Morgan fingerprint density at radius 1 is 1.45 bits per heavy atom. The molecular formula is C19H23BrFN5O3. The minimum Gasteiger partial charge on any atom is -0.394 e. The van der Waals surface area contributed by atoms with Crippen LogP contribution in [0.3, 0.4) is 0 Å². The Labute approximate surface area is 176 Å². The van der Waals surface area contributed by atoms with E-state index in [1.54, 1.807) is 6.07 Å². The molecule has 1 aliphatic rings. The van der Waals surface area contributed by atoms with Gasteiger partial charge in [-0.05, 0) is 37.5 Å². The number of aliphatic hydroxyl groups is 2. The zero-order chi connectivity index (χ0) is 21.0. The van der Waals surface area contributed by atoms with Crippen LogP contribution >= 0.6 is 15.9 Å². The molecule has 1 aromatic carbocycles. The van der Waals surface area contributed by atoms with Gasteiger partial charge in [0.25, 0.3) is 0 Å². The van der Waals surface area contributed by atoms with Gasteiger partial charge in [0.15, 0.2) is 5.84 Å². The SMILES string of the molecule is Cc1nc(N)nc2c1/C(=N/OCCC[C@@H](O)CO)N[C@@H](c1ccc(F)cc1Br)C2. The largest absolute Gasteiger partial charge is 0.394 e. The Morgan fingerprint density at radius 3 is 2.97 bits per heavy atom. The molecule has 2 atom stereocenters. The second kappa shape index (κ2) is 9.47. The molecule has 29 heavy (non-hydrogen) atoms. The van der Waals surface area contributed by atoms with Crippen LogP contribution in [0, 0.1) is 12.7 Å². The summed E-state index contributed by atoms with van der Waals surface area (Å²) in [6.45, 7) is 1.81. The fourth-order valence-electron chi connectivity index (χ4n) is 3.22. The molecule has 0 saturated carbocycles. The second-order valence-electron chi connectivity index (χ2n) is 6.81. The third-order valence-electron chi connectivity index (χ3n) is 4.60. The van der Waals surface area contributed by atoms with Crippen molar-refractivity contribution in [2.75, 3.05) is 18.9 Å². The number of hydrogen-bond donors (Lipinski definition) is 4. The first kappa shape index (κ1) is 21.4. The minimum absolute atomic E-state index is 0.179. The highest BCUT2D eigenvalue weighted by atomic mass is 79.9. The van der Waals surface area contributed by atoms with Crippen LogP contribution in [0.2, 0.25) is 0 Å². The molecule has 1 aliphatic heterocycles. The van der Waals surface area contributed by atoms with Crippen molar-refractivity contribution in [1.29, 1.82) is 0 Å². The number of fused-ring (bicyclic) bond motifs is 1. The van der Waals surface area contributed by atoms with Crippen molar-refractivity contribution in [3.05, 3.63) is 51.0 Å². The van der Waals surface area contributed by atoms with Gasteiger partial charge in [0.1, 0.15) is 12.4 Å². The lowest BCUT2D eigenvalue weighted by molar-refractivity contribution is 0.0714. The van der Waals surface area contributed by atoms with E-state index in [9.17, 15) is 9.50 Å². The monoisotopic (exact) mass is 467 g/mol. The molecule has 0 fully saturated rings. The average molecular weight is 468 g/mol. The maximum Gasteiger partial charge on any atom is 0.220 e. The van der Waals surface area contributed by atoms with E-state index in [2.05, 4.69) is 36.4 Å². The molecule has 8 nitrogen and oxygen atoms in total. The number of halogens is 2. The first-order valence-electron chi connectivity index (χ1n) is 9.22. The summed E-state index contributed by atoms with van der Waals surface area (Å²) in [4.78, 5) is 14.0. The summed E-state index contributed by atoms with van der Waals surface area (Å²) in [7, 11) is 0. The number of oxime groups is 1. The number of aromatic nitrogens is 2. The summed E-state index contributed by atoms with van der Waals surface area (Å²) in [5.41, 5.74) is 8.81. The van der Waals surface area contributed by atoms with Crippen LogP contribution in [-0.2, 0) is 11.3 Å². The summed E-state index contributed by atoms with van der Waals surface area (Å²) in [6, 6.07) is 4.29. The Hall–Kier alpha value is -2.30. The van der Waals surface area contributed by atoms with Gasteiger partial charge < -0.3 is 26.1 Å². The van der Waals surface area contributed by atoms with E-state index in [1.165, 1.54) is 12.1 Å². The predicted molar refractivity (Wildman–Crippen MR) is 110 cm³/mol. The average Bonchev–Trinajstić information content (AvgIpc) is 2.66. The topological polar surface area (TPSA) is 126 Å². The van der Waals surface area contributed by atoms with Crippen molar-refractivity contribution in [2.45, 2.75) is 38.3 Å². The minimum atomic E-state index is -0.765. The lowest BCUT2D eigenvalue weighted by Crippen LogP contribution is -2.38. The Balaban J connectivity index is 1.85. The standard InChI is InChI=1S/C19H23BrFN5O3/c1-10-17-16(25-19(22)23-10)8-15(13-5-4-11(21)7-14(13)20)24-18(17)26-29-6-2-3-12(28)9-27/h4-5,7,12,15,27-28H,2-3,6,8-9H2,1H3,(H,24,26)(H2,22,23,25)/t12-,15-/m1/s1. The molecule has 0 aliphatic carbocycles. The Bertz CT molecular complexity index is 912. The number of nitrogens with two attached hydrogens (primary N) is 1. The third-order valence-corrected chi connectivity index (χ3v) is 5.29. The van der Waals surface area contributed by atoms with Gasteiger partial charge in [0.2, 0.25) is 5.95 Å². The molecule has 0 radical (unpaired) electrons. The van der Waals surface area contributed by atoms with Crippen LogP contribution in [0.1, 0.15) is 41.4 Å². The molecule has 2 aromatic rings. The summed E-state index contributed by atoms with van der Waals surface area (Å²) in [6.07, 6.45) is 0.707. The number of rotatable bonds is 7. The molecule has 0 amide bonds. The van der Waals surface area contributed by atoms with Crippen LogP contribution < -0.4 is 11.1 Å². The lowest BCUT2D eigenvalue weighted by atomic mass is 9.94. The number of aliphatic hydroxyl groups excluding tert-OH is 2. The van der Waals surface area contributed by atoms with Crippen LogP contribution in [0.4, 0.5) is 10.3 Å². The fourth-order valence-corrected chi connectivity index (χ4v) is 3.85. The van der Waals surface area contributed by atoms with Crippen LogP contribution in [-0.4, -0.2) is 45.3 Å². The van der Waals surface area contributed by atoms with E-state index >= 15 is 0 Å². The molecule has 156 valence electrons. The highest BCUT2D eigenvalue weighted by Gasteiger charge is 2.29. The number of aryl methyl sites for hydroxylation is 1. The van der Waals surface area contributed by atoms with Gasteiger partial charge in [0.05, 0.1) is 35.7 Å². The molecule has 3 rings (SSSR count). The molecule has 0 bridgehead atoms. The van der Waals surface area contributed by atoms with Crippen molar-refractivity contribution in [1.82, 2.24) is 15.3 Å². The van der Waals surface area contributed by atoms with Crippen molar-refractivity contribution >= 4 is 27.7 Å². The van der Waals surface area contributed by atoms with E-state index < -0.39 is 6.10 Å². The Kier molecular flexibility index (Phi) is 6.99. The van der Waals surface area contributed by atoms with Gasteiger partial charge in [-0.25, -0.2) is 14.4 Å². The number of anilines is 1. The molecule has 0 unspecified atom stereocenters. The maximum atomic E-state index is 13.5. The van der Waals surface area contributed by atoms with Gasteiger partial charge in [-0.2, -0.15) is 0 Å². The first-order chi connectivity index (χ1) is 13.9. The van der Waals surface area contributed by atoms with E-state index in [-0.39, 0.29) is 31.0 Å². The highest BCUT2D eigenvalue weighted by molar-refractivity contribution is 9.10. The quantitative estimate of drug-likeness (QED) is 0.362. The van der Waals surface area contributed by atoms with Crippen molar-refractivity contribution in [3.63, 3.8) is 0 Å². The summed E-state index contributed by atoms with van der Waals surface area (Å²) >= 11 is 3.41. The summed E-state index contributed by atoms with van der Waals surface area (Å²) in [5.74, 6) is 0.313. The van der Waals surface area contributed by atoms with Gasteiger partial charge >= 0.3 is 0 Å². The fraction of sp³-hybridized carbons (Fsp3) is 0.421. The molecule has 2 heterocycles. The van der Waals surface area contributed by atoms with E-state index in [1.807, 2.05) is 6.92 Å². The van der Waals surface area contributed by atoms with Gasteiger partial charge in [-0.15, -0.1) is 0 Å². The van der Waals surface area contributed by atoms with Gasteiger partial charge in [-0.3, -0.25) is 0 Å². The van der Waals surface area contributed by atoms with E-state index in [0.29, 0.717) is 35.3 Å². The van der Waals surface area contributed by atoms with E-state index in [0.717, 1.165) is 16.8 Å². The van der Waals surface area contributed by atoms with Crippen molar-refractivity contribution in [3.8, 4) is 0 Å². The number of amidine groups is 1. The van der Waals surface area contributed by atoms with Crippen LogP contribution in [0.25, 0.3) is 0 Å². The molecular weight excluding hydrogens is 445 g/mol. The van der Waals surface area contributed by atoms with Crippen molar-refractivity contribution in [2.24, 2.45) is 5.16 Å². The van der Waals surface area contributed by atoms with Crippen LogP contribution in [0.5, 0.6) is 0 Å². The Morgan fingerprint density at radius 2 is 2.24 bits per heavy atom. The third kappa shape index (κ3) is 5.20. The predicted octanol–water partition coefficient (Wildman–Crippen LogP) is 1.97. The maximum absolute atomic E-state index is 13.5. The number of hydrogen-bond acceptors (Lipinski definition) is 7. The van der Waals surface area contributed by atoms with E-state index in [4.69, 9.17) is 15.7 Å². The zero-order valence-electron chi connectivity index (χ0n) is 15.9. The lowest BCUT2D eigenvalue weighted by Gasteiger charge is -2.29. The van der Waals surface area contributed by atoms with Gasteiger partial charge in [-0.1, -0.05) is 27.2 Å². The zero-order valence-corrected chi connectivity index (χ0v) is 17.5. The smallest absolute Gasteiger partial charge is 0.220 e. The number of nitrogens with zero attached hydrogens (tertiary/aromatic N) is 3. The number of nitrogens with one attached hydrogen (secondary N) is 1. The molecule has 0 spiro atoms. The number of nitrogen functional groups attached to an aromatic ring is 1. The normalized spacial score (nSPS) is 18.2. The number of benzene rings is 1. The summed E-state index contributed by atoms with van der Waals surface area (Å²) < 4.78 is 14.1. The molecule has 1 aromatic heterocycles. The van der Waals surface area contributed by atoms with Crippen molar-refractivity contribution < 1.29 is 19.4 Å². The molecule has 10 heteroatoms. The molecule has 5 N–H and O–H groups in total. The second-order valence-corrected chi connectivity index (χ2v) is 7.66. The molecule has 0 saturated heterocycles.